The lowest BCUT2D eigenvalue weighted by atomic mass is 10.2. The van der Waals surface area contributed by atoms with E-state index in [1.54, 1.807) is 25.3 Å². The van der Waals surface area contributed by atoms with Crippen molar-refractivity contribution in [3.8, 4) is 22.8 Å². The number of carbonyl (C=O) groups excluding carboxylic acids is 1. The fourth-order valence-electron chi connectivity index (χ4n) is 3.08. The van der Waals surface area contributed by atoms with Gasteiger partial charge in [-0.3, -0.25) is 9.36 Å². The number of rotatable bonds is 9. The van der Waals surface area contributed by atoms with Crippen molar-refractivity contribution in [1.82, 2.24) is 20.2 Å². The van der Waals surface area contributed by atoms with Crippen LogP contribution in [0.15, 0.2) is 87.7 Å². The maximum atomic E-state index is 12.4. The van der Waals surface area contributed by atoms with E-state index in [9.17, 15) is 4.79 Å². The number of ether oxygens (including phenoxy) is 1. The molecule has 2 aromatic carbocycles. The molecule has 0 bridgehead atoms. The molecule has 0 saturated carbocycles. The predicted octanol–water partition coefficient (Wildman–Crippen LogP) is 4.56. The van der Waals surface area contributed by atoms with E-state index in [1.807, 2.05) is 66.1 Å². The highest BCUT2D eigenvalue weighted by Crippen LogP contribution is 2.28. The van der Waals surface area contributed by atoms with Gasteiger partial charge in [-0.2, -0.15) is 5.10 Å². The van der Waals surface area contributed by atoms with Crippen molar-refractivity contribution in [2.75, 3.05) is 12.4 Å². The van der Waals surface area contributed by atoms with Gasteiger partial charge in [0, 0.05) is 11.3 Å². The summed E-state index contributed by atoms with van der Waals surface area (Å²) < 4.78 is 12.8. The van der Waals surface area contributed by atoms with Gasteiger partial charge in [0.05, 0.1) is 18.6 Å². The maximum absolute atomic E-state index is 12.4. The second kappa shape index (κ2) is 10.6. The zero-order valence-electron chi connectivity index (χ0n) is 18.3. The van der Waals surface area contributed by atoms with E-state index in [2.05, 4.69) is 20.7 Å². The molecule has 1 amide bonds. The third kappa shape index (κ3) is 5.50. The molecule has 0 atom stereocenters. The number of amides is 1. The van der Waals surface area contributed by atoms with Gasteiger partial charge >= 0.3 is 0 Å². The summed E-state index contributed by atoms with van der Waals surface area (Å²) in [6, 6.07) is 21.1. The first-order valence-corrected chi connectivity index (χ1v) is 11.4. The number of aromatic nitrogens is 3. The Morgan fingerprint density at radius 1 is 1.09 bits per heavy atom. The summed E-state index contributed by atoms with van der Waals surface area (Å²) in [7, 11) is 0. The molecule has 2 heterocycles. The van der Waals surface area contributed by atoms with Gasteiger partial charge < -0.3 is 9.15 Å². The lowest BCUT2D eigenvalue weighted by molar-refractivity contribution is -0.118. The van der Waals surface area contributed by atoms with E-state index in [4.69, 9.17) is 9.15 Å². The molecule has 2 aromatic heterocycles. The Hall–Kier alpha value is -3.85. The molecule has 33 heavy (non-hydrogen) atoms. The Bertz CT molecular complexity index is 1220. The normalized spacial score (nSPS) is 11.4. The van der Waals surface area contributed by atoms with E-state index in [-0.39, 0.29) is 11.7 Å². The number of hydrogen-bond donors (Lipinski definition) is 1. The summed E-state index contributed by atoms with van der Waals surface area (Å²) in [5.41, 5.74) is 4.94. The quantitative estimate of drug-likeness (QED) is 0.223. The van der Waals surface area contributed by atoms with Crippen molar-refractivity contribution in [1.29, 1.82) is 0 Å². The van der Waals surface area contributed by atoms with Gasteiger partial charge in [0.25, 0.3) is 5.91 Å². The molecule has 168 valence electrons. The molecule has 0 unspecified atom stereocenters. The molecule has 8 nitrogen and oxygen atoms in total. The first-order valence-electron chi connectivity index (χ1n) is 10.4. The summed E-state index contributed by atoms with van der Waals surface area (Å²) in [6.45, 7) is 4.31. The third-order valence-corrected chi connectivity index (χ3v) is 5.56. The van der Waals surface area contributed by atoms with Crippen molar-refractivity contribution < 1.29 is 13.9 Å². The molecule has 4 aromatic rings. The number of nitrogens with zero attached hydrogens (tertiary/aromatic N) is 4. The van der Waals surface area contributed by atoms with E-state index in [0.29, 0.717) is 29.1 Å². The number of carbonyl (C=O) groups is 1. The van der Waals surface area contributed by atoms with Crippen molar-refractivity contribution in [3.63, 3.8) is 0 Å². The summed E-state index contributed by atoms with van der Waals surface area (Å²) >= 11 is 1.28. The standard InChI is InChI=1S/C24H23N5O3S/c1-3-31-20-13-11-19(12-14-20)29-23(18-8-5-4-6-9-18)27-28-24(29)33-16-22(30)26-25-17(2)21-10-7-15-32-21/h4-15H,3,16H2,1-2H3,(H,26,30)/b25-17-. The number of hydrazone groups is 1. The van der Waals surface area contributed by atoms with Crippen LogP contribution in [0.1, 0.15) is 19.6 Å². The molecule has 0 spiro atoms. The summed E-state index contributed by atoms with van der Waals surface area (Å²) in [4.78, 5) is 12.4. The first-order chi connectivity index (χ1) is 16.2. The molecular formula is C24H23N5O3S. The lowest BCUT2D eigenvalue weighted by Gasteiger charge is -2.11. The van der Waals surface area contributed by atoms with E-state index in [0.717, 1.165) is 17.0 Å². The van der Waals surface area contributed by atoms with E-state index in [1.165, 1.54) is 11.8 Å². The van der Waals surface area contributed by atoms with Crippen LogP contribution in [0, 0.1) is 0 Å². The van der Waals surface area contributed by atoms with Gasteiger partial charge in [-0.25, -0.2) is 5.43 Å². The Morgan fingerprint density at radius 3 is 2.58 bits per heavy atom. The summed E-state index contributed by atoms with van der Waals surface area (Å²) in [5, 5.41) is 13.4. The Labute approximate surface area is 195 Å². The topological polar surface area (TPSA) is 94.5 Å². The minimum Gasteiger partial charge on any atom is -0.494 e. The number of nitrogens with one attached hydrogen (secondary N) is 1. The minimum atomic E-state index is -0.256. The highest BCUT2D eigenvalue weighted by molar-refractivity contribution is 7.99. The lowest BCUT2D eigenvalue weighted by Crippen LogP contribution is -2.21. The van der Waals surface area contributed by atoms with Gasteiger partial charge in [0.15, 0.2) is 11.0 Å². The zero-order chi connectivity index (χ0) is 23.0. The molecule has 0 aliphatic carbocycles. The molecule has 4 rings (SSSR count). The van der Waals surface area contributed by atoms with Crippen molar-refractivity contribution in [2.45, 2.75) is 19.0 Å². The van der Waals surface area contributed by atoms with Crippen LogP contribution in [0.4, 0.5) is 0 Å². The molecule has 0 saturated heterocycles. The van der Waals surface area contributed by atoms with Crippen LogP contribution in [-0.4, -0.2) is 38.7 Å². The molecule has 9 heteroatoms. The SMILES string of the molecule is CCOc1ccc(-n2c(SCC(=O)N/N=C(/C)c3ccco3)nnc2-c2ccccc2)cc1. The monoisotopic (exact) mass is 461 g/mol. The molecular weight excluding hydrogens is 438 g/mol. The highest BCUT2D eigenvalue weighted by Gasteiger charge is 2.17. The second-order valence-corrected chi connectivity index (χ2v) is 7.88. The van der Waals surface area contributed by atoms with Crippen LogP contribution >= 0.6 is 11.8 Å². The Balaban J connectivity index is 1.54. The average Bonchev–Trinajstić information content (AvgIpc) is 3.53. The molecule has 0 radical (unpaired) electrons. The molecule has 1 N–H and O–H groups in total. The highest BCUT2D eigenvalue weighted by atomic mass is 32.2. The van der Waals surface area contributed by atoms with Crippen LogP contribution in [0.5, 0.6) is 5.75 Å². The average molecular weight is 462 g/mol. The fourth-order valence-corrected chi connectivity index (χ4v) is 3.82. The van der Waals surface area contributed by atoms with Crippen molar-refractivity contribution in [3.05, 3.63) is 78.8 Å². The fraction of sp³-hybridized carbons (Fsp3) is 0.167. The smallest absolute Gasteiger partial charge is 0.250 e. The maximum Gasteiger partial charge on any atom is 0.250 e. The van der Waals surface area contributed by atoms with E-state index >= 15 is 0 Å². The Morgan fingerprint density at radius 2 is 1.88 bits per heavy atom. The number of benzene rings is 2. The van der Waals surface area contributed by atoms with Crippen LogP contribution in [0.3, 0.4) is 0 Å². The minimum absolute atomic E-state index is 0.124. The van der Waals surface area contributed by atoms with Crippen LogP contribution in [-0.2, 0) is 4.79 Å². The number of furan rings is 1. The first kappa shape index (κ1) is 22.3. The van der Waals surface area contributed by atoms with Gasteiger partial charge in [-0.1, -0.05) is 42.1 Å². The Kier molecular flexibility index (Phi) is 7.21. The number of hydrogen-bond acceptors (Lipinski definition) is 7. The second-order valence-electron chi connectivity index (χ2n) is 6.93. The molecule has 0 fully saturated rings. The zero-order valence-corrected chi connectivity index (χ0v) is 19.1. The van der Waals surface area contributed by atoms with Gasteiger partial charge in [-0.05, 0) is 50.2 Å². The van der Waals surface area contributed by atoms with Crippen molar-refractivity contribution >= 4 is 23.4 Å². The van der Waals surface area contributed by atoms with Gasteiger partial charge in [0.1, 0.15) is 17.2 Å². The number of thioether (sulfide) groups is 1. The van der Waals surface area contributed by atoms with Gasteiger partial charge in [-0.15, -0.1) is 10.2 Å². The summed E-state index contributed by atoms with van der Waals surface area (Å²) in [6.07, 6.45) is 1.56. The van der Waals surface area contributed by atoms with Crippen molar-refractivity contribution in [2.24, 2.45) is 5.10 Å². The summed E-state index contributed by atoms with van der Waals surface area (Å²) in [5.74, 6) is 1.95. The molecule has 0 aliphatic heterocycles. The largest absolute Gasteiger partial charge is 0.494 e. The van der Waals surface area contributed by atoms with Crippen LogP contribution in [0.25, 0.3) is 17.1 Å². The van der Waals surface area contributed by atoms with Crippen LogP contribution < -0.4 is 10.2 Å². The molecule has 0 aliphatic rings. The van der Waals surface area contributed by atoms with Crippen LogP contribution in [0.2, 0.25) is 0 Å². The third-order valence-electron chi connectivity index (χ3n) is 4.63. The van der Waals surface area contributed by atoms with E-state index < -0.39 is 0 Å². The predicted molar refractivity (Wildman–Crippen MR) is 128 cm³/mol. The van der Waals surface area contributed by atoms with Gasteiger partial charge in [0.2, 0.25) is 0 Å².